The van der Waals surface area contributed by atoms with Crippen molar-refractivity contribution in [1.29, 1.82) is 0 Å². The van der Waals surface area contributed by atoms with Crippen LogP contribution in [0.15, 0.2) is 36.4 Å². The molecular formula is C17H16ClN3. The van der Waals surface area contributed by atoms with E-state index in [1.165, 1.54) is 0 Å². The lowest BCUT2D eigenvalue weighted by molar-refractivity contribution is 1.20. The second-order valence-corrected chi connectivity index (χ2v) is 5.49. The largest absolute Gasteiger partial charge is 0.373 e. The van der Waals surface area contributed by atoms with Gasteiger partial charge in [-0.25, -0.2) is 9.97 Å². The molecule has 0 aliphatic heterocycles. The van der Waals surface area contributed by atoms with Crippen molar-refractivity contribution in [2.45, 2.75) is 13.8 Å². The van der Waals surface area contributed by atoms with E-state index in [9.17, 15) is 0 Å². The van der Waals surface area contributed by atoms with Crippen molar-refractivity contribution in [2.24, 2.45) is 0 Å². The molecule has 0 aliphatic rings. The van der Waals surface area contributed by atoms with Crippen LogP contribution in [0.25, 0.3) is 22.3 Å². The summed E-state index contributed by atoms with van der Waals surface area (Å²) in [6, 6.07) is 11.9. The van der Waals surface area contributed by atoms with E-state index in [0.29, 0.717) is 5.82 Å². The highest BCUT2D eigenvalue weighted by molar-refractivity contribution is 6.31. The Bertz CT molecular complexity index is 828. The summed E-state index contributed by atoms with van der Waals surface area (Å²) < 4.78 is 0. The molecule has 3 rings (SSSR count). The summed E-state index contributed by atoms with van der Waals surface area (Å²) in [4.78, 5) is 9.35. The van der Waals surface area contributed by atoms with Gasteiger partial charge in [-0.15, -0.1) is 0 Å². The van der Waals surface area contributed by atoms with Crippen molar-refractivity contribution in [2.75, 3.05) is 12.4 Å². The van der Waals surface area contributed by atoms with Crippen LogP contribution in [0.3, 0.4) is 0 Å². The van der Waals surface area contributed by atoms with Gasteiger partial charge in [-0.2, -0.15) is 0 Å². The average Bonchev–Trinajstić information content (AvgIpc) is 2.49. The Hall–Kier alpha value is -2.13. The number of hydrogen-bond donors (Lipinski definition) is 1. The Morgan fingerprint density at radius 3 is 2.52 bits per heavy atom. The van der Waals surface area contributed by atoms with Crippen molar-refractivity contribution < 1.29 is 0 Å². The first-order valence-electron chi connectivity index (χ1n) is 6.82. The zero-order chi connectivity index (χ0) is 15.0. The van der Waals surface area contributed by atoms with Gasteiger partial charge in [-0.1, -0.05) is 23.7 Å². The molecule has 0 fully saturated rings. The number of nitrogens with zero attached hydrogens (tertiary/aromatic N) is 2. The zero-order valence-corrected chi connectivity index (χ0v) is 13.0. The Labute approximate surface area is 129 Å². The minimum absolute atomic E-state index is 0.706. The average molecular weight is 298 g/mol. The van der Waals surface area contributed by atoms with E-state index in [4.69, 9.17) is 16.6 Å². The molecule has 1 heterocycles. The summed E-state index contributed by atoms with van der Waals surface area (Å²) >= 11 is 6.09. The second-order valence-electron chi connectivity index (χ2n) is 5.08. The molecule has 0 spiro atoms. The summed E-state index contributed by atoms with van der Waals surface area (Å²) in [6.07, 6.45) is 0. The monoisotopic (exact) mass is 297 g/mol. The highest BCUT2D eigenvalue weighted by Crippen LogP contribution is 2.28. The SMILES string of the molecule is CNc1nc(-c2ccc(Cl)c(C)c2)nc2cccc(C)c12. The number of halogens is 1. The Morgan fingerprint density at radius 2 is 1.81 bits per heavy atom. The second kappa shape index (κ2) is 5.34. The van der Waals surface area contributed by atoms with E-state index in [1.54, 1.807) is 0 Å². The Balaban J connectivity index is 2.26. The van der Waals surface area contributed by atoms with Crippen molar-refractivity contribution in [3.8, 4) is 11.4 Å². The zero-order valence-electron chi connectivity index (χ0n) is 12.2. The summed E-state index contributed by atoms with van der Waals surface area (Å²) in [7, 11) is 1.88. The van der Waals surface area contributed by atoms with E-state index >= 15 is 0 Å². The maximum absolute atomic E-state index is 6.09. The van der Waals surface area contributed by atoms with Gasteiger partial charge in [0.05, 0.1) is 5.52 Å². The Kier molecular flexibility index (Phi) is 3.52. The van der Waals surface area contributed by atoms with E-state index in [-0.39, 0.29) is 0 Å². The van der Waals surface area contributed by atoms with Crippen LogP contribution < -0.4 is 5.32 Å². The lowest BCUT2D eigenvalue weighted by atomic mass is 10.1. The number of aromatic nitrogens is 2. The van der Waals surface area contributed by atoms with Crippen LogP contribution >= 0.6 is 11.6 Å². The predicted molar refractivity (Wildman–Crippen MR) is 89.0 cm³/mol. The van der Waals surface area contributed by atoms with Gasteiger partial charge in [0.25, 0.3) is 0 Å². The lowest BCUT2D eigenvalue weighted by Crippen LogP contribution is -2.00. The highest BCUT2D eigenvalue weighted by atomic mass is 35.5. The summed E-state index contributed by atoms with van der Waals surface area (Å²) in [5.74, 6) is 1.55. The molecule has 2 aromatic carbocycles. The van der Waals surface area contributed by atoms with Crippen molar-refractivity contribution >= 4 is 28.3 Å². The molecule has 1 aromatic heterocycles. The Morgan fingerprint density at radius 1 is 1.00 bits per heavy atom. The molecule has 4 heteroatoms. The van der Waals surface area contributed by atoms with Crippen molar-refractivity contribution in [3.05, 3.63) is 52.5 Å². The third-order valence-corrected chi connectivity index (χ3v) is 4.01. The fourth-order valence-corrected chi connectivity index (χ4v) is 2.57. The van der Waals surface area contributed by atoms with Crippen LogP contribution in [0.5, 0.6) is 0 Å². The molecule has 0 radical (unpaired) electrons. The number of fused-ring (bicyclic) bond motifs is 1. The van der Waals surface area contributed by atoms with Gasteiger partial charge in [0, 0.05) is 23.0 Å². The number of hydrogen-bond acceptors (Lipinski definition) is 3. The normalized spacial score (nSPS) is 10.9. The molecule has 1 N–H and O–H groups in total. The minimum atomic E-state index is 0.706. The molecule has 3 nitrogen and oxygen atoms in total. The van der Waals surface area contributed by atoms with Crippen LogP contribution in [0.4, 0.5) is 5.82 Å². The van der Waals surface area contributed by atoms with Gasteiger partial charge in [0.15, 0.2) is 5.82 Å². The number of aryl methyl sites for hydroxylation is 2. The van der Waals surface area contributed by atoms with Gasteiger partial charge in [-0.05, 0) is 49.2 Å². The lowest BCUT2D eigenvalue weighted by Gasteiger charge is -2.11. The van der Waals surface area contributed by atoms with Crippen LogP contribution in [0.2, 0.25) is 5.02 Å². The third kappa shape index (κ3) is 2.45. The van der Waals surface area contributed by atoms with E-state index < -0.39 is 0 Å². The molecule has 0 aliphatic carbocycles. The first-order chi connectivity index (χ1) is 10.1. The van der Waals surface area contributed by atoms with Gasteiger partial charge in [0.2, 0.25) is 0 Å². The van der Waals surface area contributed by atoms with E-state index in [1.807, 2.05) is 44.3 Å². The highest BCUT2D eigenvalue weighted by Gasteiger charge is 2.11. The van der Waals surface area contributed by atoms with Gasteiger partial charge in [0.1, 0.15) is 5.82 Å². The first-order valence-corrected chi connectivity index (χ1v) is 7.19. The van der Waals surface area contributed by atoms with Gasteiger partial charge < -0.3 is 5.32 Å². The fraction of sp³-hybridized carbons (Fsp3) is 0.176. The molecule has 0 amide bonds. The van der Waals surface area contributed by atoms with Crippen LogP contribution in [0.1, 0.15) is 11.1 Å². The molecule has 21 heavy (non-hydrogen) atoms. The van der Waals surface area contributed by atoms with Crippen molar-refractivity contribution in [3.63, 3.8) is 0 Å². The summed E-state index contributed by atoms with van der Waals surface area (Å²) in [5.41, 5.74) is 4.09. The number of benzene rings is 2. The maximum Gasteiger partial charge on any atom is 0.162 e. The molecule has 0 bridgehead atoms. The standard InChI is InChI=1S/C17H16ClN3/c1-10-5-4-6-14-15(10)17(19-3)21-16(20-14)12-7-8-13(18)11(2)9-12/h4-9H,1-3H3,(H,19,20,21). The van der Waals surface area contributed by atoms with Crippen molar-refractivity contribution in [1.82, 2.24) is 9.97 Å². The quantitative estimate of drug-likeness (QED) is 0.750. The first kappa shape index (κ1) is 13.8. The van der Waals surface area contributed by atoms with Gasteiger partial charge >= 0.3 is 0 Å². The van der Waals surface area contributed by atoms with Gasteiger partial charge in [-0.3, -0.25) is 0 Å². The van der Waals surface area contributed by atoms with E-state index in [2.05, 4.69) is 23.3 Å². The molecule has 0 atom stereocenters. The van der Waals surface area contributed by atoms with Crippen LogP contribution in [-0.2, 0) is 0 Å². The number of nitrogens with one attached hydrogen (secondary N) is 1. The van der Waals surface area contributed by atoms with Crippen LogP contribution in [-0.4, -0.2) is 17.0 Å². The summed E-state index contributed by atoms with van der Waals surface area (Å²) in [5, 5.41) is 4.99. The number of rotatable bonds is 2. The maximum atomic E-state index is 6.09. The minimum Gasteiger partial charge on any atom is -0.373 e. The molecule has 0 saturated heterocycles. The third-order valence-electron chi connectivity index (χ3n) is 3.58. The topological polar surface area (TPSA) is 37.8 Å². The molecule has 0 saturated carbocycles. The molecule has 106 valence electrons. The van der Waals surface area contributed by atoms with E-state index in [0.717, 1.165) is 38.4 Å². The predicted octanol–water partition coefficient (Wildman–Crippen LogP) is 4.61. The molecule has 3 aromatic rings. The fourth-order valence-electron chi connectivity index (χ4n) is 2.45. The van der Waals surface area contributed by atoms with Crippen LogP contribution in [0, 0.1) is 13.8 Å². The molecule has 0 unspecified atom stereocenters. The summed E-state index contributed by atoms with van der Waals surface area (Å²) in [6.45, 7) is 4.05. The smallest absolute Gasteiger partial charge is 0.162 e. The number of anilines is 1. The molecular weight excluding hydrogens is 282 g/mol.